The molecule has 6 heteroatoms. The highest BCUT2D eigenvalue weighted by atomic mass is 32.2. The van der Waals surface area contributed by atoms with E-state index in [0.29, 0.717) is 12.0 Å². The lowest BCUT2D eigenvalue weighted by molar-refractivity contribution is -0.117. The maximum Gasteiger partial charge on any atom is 0.228 e. The van der Waals surface area contributed by atoms with E-state index in [1.807, 2.05) is 0 Å². The molecular formula is C17H16FNO3S. The van der Waals surface area contributed by atoms with E-state index in [9.17, 15) is 17.6 Å². The van der Waals surface area contributed by atoms with Gasteiger partial charge >= 0.3 is 0 Å². The Morgan fingerprint density at radius 1 is 1.13 bits per heavy atom. The lowest BCUT2D eigenvalue weighted by Crippen LogP contribution is -2.16. The van der Waals surface area contributed by atoms with Gasteiger partial charge in [0.05, 0.1) is 10.6 Å². The minimum Gasteiger partial charge on any atom is -0.325 e. The molecule has 23 heavy (non-hydrogen) atoms. The smallest absolute Gasteiger partial charge is 0.228 e. The second-order valence-corrected chi connectivity index (χ2v) is 7.71. The zero-order valence-corrected chi connectivity index (χ0v) is 13.3. The minimum absolute atomic E-state index is 0.0800. The second kappa shape index (κ2) is 5.77. The molecule has 0 bridgehead atoms. The van der Waals surface area contributed by atoms with Crippen LogP contribution in [0.5, 0.6) is 0 Å². The van der Waals surface area contributed by atoms with E-state index >= 15 is 0 Å². The van der Waals surface area contributed by atoms with Gasteiger partial charge in [0.25, 0.3) is 0 Å². The van der Waals surface area contributed by atoms with Gasteiger partial charge in [0, 0.05) is 12.2 Å². The zero-order valence-electron chi connectivity index (χ0n) is 12.5. The van der Waals surface area contributed by atoms with Gasteiger partial charge in [0.2, 0.25) is 5.91 Å². The number of hydrogen-bond donors (Lipinski definition) is 1. The Hall–Kier alpha value is -2.21. The summed E-state index contributed by atoms with van der Waals surface area (Å²) >= 11 is 0. The van der Waals surface area contributed by atoms with Crippen molar-refractivity contribution < 1.29 is 17.6 Å². The van der Waals surface area contributed by atoms with Gasteiger partial charge in [-0.3, -0.25) is 4.79 Å². The molecule has 1 aliphatic carbocycles. The molecule has 4 nitrogen and oxygen atoms in total. The summed E-state index contributed by atoms with van der Waals surface area (Å²) in [6.45, 7) is 0. The molecule has 0 spiro atoms. The molecule has 1 N–H and O–H groups in total. The fourth-order valence-electron chi connectivity index (χ4n) is 2.72. The first-order chi connectivity index (χ1) is 10.9. The maximum atomic E-state index is 13.8. The number of carbonyl (C=O) groups excluding carboxylic acids is 1. The van der Waals surface area contributed by atoms with E-state index in [0.717, 1.165) is 6.26 Å². The molecule has 0 aromatic heterocycles. The lowest BCUT2D eigenvalue weighted by Gasteiger charge is -2.09. The molecule has 2 aromatic rings. The molecule has 1 amide bonds. The predicted octanol–water partition coefficient (Wildman–Crippen LogP) is 2.97. The summed E-state index contributed by atoms with van der Waals surface area (Å²) in [5.74, 6) is -1.08. The van der Waals surface area contributed by atoms with Crippen LogP contribution in [0.1, 0.15) is 17.9 Å². The van der Waals surface area contributed by atoms with Crippen molar-refractivity contribution in [3.05, 3.63) is 59.9 Å². The molecule has 1 aliphatic rings. The van der Waals surface area contributed by atoms with Crippen molar-refractivity contribution in [1.82, 2.24) is 0 Å². The van der Waals surface area contributed by atoms with Gasteiger partial charge in [-0.15, -0.1) is 0 Å². The summed E-state index contributed by atoms with van der Waals surface area (Å²) in [5, 5.41) is 2.66. The first-order valence-corrected chi connectivity index (χ1v) is 9.11. The van der Waals surface area contributed by atoms with Crippen LogP contribution in [0.15, 0.2) is 53.4 Å². The number of halogens is 1. The van der Waals surface area contributed by atoms with Gasteiger partial charge in [-0.25, -0.2) is 12.8 Å². The van der Waals surface area contributed by atoms with Gasteiger partial charge in [-0.2, -0.15) is 0 Å². The minimum atomic E-state index is -3.43. The molecule has 2 atom stereocenters. The van der Waals surface area contributed by atoms with Crippen molar-refractivity contribution in [3.8, 4) is 0 Å². The normalized spacial score (nSPS) is 20.1. The van der Waals surface area contributed by atoms with Crippen LogP contribution in [0.25, 0.3) is 0 Å². The Labute approximate surface area is 134 Å². The van der Waals surface area contributed by atoms with Crippen LogP contribution in [0, 0.1) is 11.7 Å². The van der Waals surface area contributed by atoms with Crippen molar-refractivity contribution in [3.63, 3.8) is 0 Å². The van der Waals surface area contributed by atoms with Crippen molar-refractivity contribution in [2.24, 2.45) is 5.92 Å². The van der Waals surface area contributed by atoms with E-state index in [-0.39, 0.29) is 34.1 Å². The van der Waals surface area contributed by atoms with Crippen LogP contribution in [-0.2, 0) is 14.6 Å². The van der Waals surface area contributed by atoms with Crippen LogP contribution in [0.4, 0.5) is 10.1 Å². The molecule has 3 rings (SSSR count). The highest BCUT2D eigenvalue weighted by molar-refractivity contribution is 7.90. The number of benzene rings is 2. The summed E-state index contributed by atoms with van der Waals surface area (Å²) in [5.41, 5.74) is 0.795. The first-order valence-electron chi connectivity index (χ1n) is 7.22. The van der Waals surface area contributed by atoms with Crippen molar-refractivity contribution >= 4 is 21.4 Å². The fraction of sp³-hybridized carbons (Fsp3) is 0.235. The number of carbonyl (C=O) groups is 1. The van der Waals surface area contributed by atoms with E-state index in [1.54, 1.807) is 36.4 Å². The second-order valence-electron chi connectivity index (χ2n) is 5.73. The van der Waals surface area contributed by atoms with Gasteiger partial charge in [0.1, 0.15) is 5.82 Å². The molecule has 0 radical (unpaired) electrons. The predicted molar refractivity (Wildman–Crippen MR) is 85.4 cm³/mol. The van der Waals surface area contributed by atoms with E-state index in [1.165, 1.54) is 12.1 Å². The van der Waals surface area contributed by atoms with Crippen molar-refractivity contribution in [2.45, 2.75) is 17.2 Å². The number of rotatable bonds is 4. The number of nitrogens with one attached hydrogen (secondary N) is 1. The standard InChI is InChI=1S/C17H16FNO3S/c1-23(21,22)16-9-5-4-8-15(16)19-17(20)13-10-12(13)11-6-2-3-7-14(11)18/h2-9,12-13H,10H2,1H3,(H,19,20). The largest absolute Gasteiger partial charge is 0.325 e. The van der Waals surface area contributed by atoms with Gasteiger partial charge in [-0.1, -0.05) is 30.3 Å². The lowest BCUT2D eigenvalue weighted by atomic mass is 10.1. The quantitative estimate of drug-likeness (QED) is 0.935. The molecule has 2 aromatic carbocycles. The van der Waals surface area contributed by atoms with Crippen LogP contribution >= 0.6 is 0 Å². The van der Waals surface area contributed by atoms with Crippen LogP contribution in [-0.4, -0.2) is 20.6 Å². The average Bonchev–Trinajstić information content (AvgIpc) is 3.27. The van der Waals surface area contributed by atoms with Crippen LogP contribution < -0.4 is 5.32 Å². The summed E-state index contributed by atoms with van der Waals surface area (Å²) in [6, 6.07) is 12.7. The van der Waals surface area contributed by atoms with E-state index < -0.39 is 9.84 Å². The Balaban J connectivity index is 1.77. The number of amides is 1. The average molecular weight is 333 g/mol. The Morgan fingerprint density at radius 2 is 1.78 bits per heavy atom. The highest BCUT2D eigenvalue weighted by Crippen LogP contribution is 2.48. The number of hydrogen-bond acceptors (Lipinski definition) is 3. The molecule has 2 unspecified atom stereocenters. The van der Waals surface area contributed by atoms with E-state index in [2.05, 4.69) is 5.32 Å². The Kier molecular flexibility index (Phi) is 3.93. The van der Waals surface area contributed by atoms with Crippen molar-refractivity contribution in [2.75, 3.05) is 11.6 Å². The topological polar surface area (TPSA) is 63.2 Å². The molecule has 0 aliphatic heterocycles. The first kappa shape index (κ1) is 15.7. The van der Waals surface area contributed by atoms with E-state index in [4.69, 9.17) is 0 Å². The summed E-state index contributed by atoms with van der Waals surface area (Å²) in [4.78, 5) is 12.4. The Bertz CT molecular complexity index is 864. The van der Waals surface area contributed by atoms with Crippen LogP contribution in [0.3, 0.4) is 0 Å². The molecule has 120 valence electrons. The molecule has 0 saturated heterocycles. The highest BCUT2D eigenvalue weighted by Gasteiger charge is 2.45. The molecule has 0 heterocycles. The van der Waals surface area contributed by atoms with Gasteiger partial charge < -0.3 is 5.32 Å². The van der Waals surface area contributed by atoms with Gasteiger partial charge in [0.15, 0.2) is 9.84 Å². The number of anilines is 1. The summed E-state index contributed by atoms with van der Waals surface area (Å²) < 4.78 is 37.3. The van der Waals surface area contributed by atoms with Crippen molar-refractivity contribution in [1.29, 1.82) is 0 Å². The Morgan fingerprint density at radius 3 is 2.48 bits per heavy atom. The van der Waals surface area contributed by atoms with Crippen LogP contribution in [0.2, 0.25) is 0 Å². The summed E-state index contributed by atoms with van der Waals surface area (Å²) in [6.07, 6.45) is 1.66. The molecule has 1 saturated carbocycles. The number of para-hydroxylation sites is 1. The SMILES string of the molecule is CS(=O)(=O)c1ccccc1NC(=O)C1CC1c1ccccc1F. The third-order valence-electron chi connectivity index (χ3n) is 3.98. The number of sulfone groups is 1. The maximum absolute atomic E-state index is 13.8. The molecular weight excluding hydrogens is 317 g/mol. The summed E-state index contributed by atoms with van der Waals surface area (Å²) in [7, 11) is -3.43. The third kappa shape index (κ3) is 3.27. The molecule has 1 fully saturated rings. The third-order valence-corrected chi connectivity index (χ3v) is 5.13. The monoisotopic (exact) mass is 333 g/mol. The fourth-order valence-corrected chi connectivity index (χ4v) is 3.57. The van der Waals surface area contributed by atoms with Gasteiger partial charge in [-0.05, 0) is 36.1 Å². The zero-order chi connectivity index (χ0) is 16.6.